The molecule has 198 valence electrons. The second-order valence-electron chi connectivity index (χ2n) is 9.57. The highest BCUT2D eigenvalue weighted by atomic mass is 35.5. The van der Waals surface area contributed by atoms with Crippen LogP contribution in [0.25, 0.3) is 0 Å². The zero-order chi connectivity index (χ0) is 27.1. The molecule has 0 bridgehead atoms. The lowest BCUT2D eigenvalue weighted by Gasteiger charge is -2.34. The van der Waals surface area contributed by atoms with E-state index in [1.54, 1.807) is 12.1 Å². The molecule has 0 radical (unpaired) electrons. The molecule has 0 saturated heterocycles. The fraction of sp³-hybridized carbons (Fsp3) is 0.462. The van der Waals surface area contributed by atoms with Gasteiger partial charge in [0.05, 0.1) is 19.1 Å². The molecule has 0 aliphatic carbocycles. The zero-order valence-corrected chi connectivity index (χ0v) is 23.3. The Morgan fingerprint density at radius 2 is 1.75 bits per heavy atom. The van der Waals surface area contributed by atoms with Crippen molar-refractivity contribution in [1.29, 1.82) is 0 Å². The molecule has 10 heteroatoms. The molecule has 8 nitrogen and oxygen atoms in total. The summed E-state index contributed by atoms with van der Waals surface area (Å²) in [5.74, 6) is -0.544. The summed E-state index contributed by atoms with van der Waals surface area (Å²) in [5.41, 5.74) is 0.653. The molecule has 0 aliphatic rings. The van der Waals surface area contributed by atoms with Crippen LogP contribution in [0.2, 0.25) is 5.02 Å². The molecule has 1 N–H and O–H groups in total. The van der Waals surface area contributed by atoms with E-state index in [0.29, 0.717) is 17.9 Å². The number of anilines is 1. The van der Waals surface area contributed by atoms with Gasteiger partial charge in [0.25, 0.3) is 0 Å². The van der Waals surface area contributed by atoms with Crippen molar-refractivity contribution in [3.8, 4) is 5.75 Å². The van der Waals surface area contributed by atoms with Gasteiger partial charge in [-0.05, 0) is 57.4 Å². The third-order valence-corrected chi connectivity index (χ3v) is 6.82. The maximum Gasteiger partial charge on any atom is 0.244 e. The van der Waals surface area contributed by atoms with Gasteiger partial charge in [-0.2, -0.15) is 0 Å². The number of halogens is 1. The van der Waals surface area contributed by atoms with Crippen LogP contribution in [0.15, 0.2) is 48.5 Å². The number of ether oxygens (including phenoxy) is 1. The van der Waals surface area contributed by atoms with E-state index in [1.807, 2.05) is 58.0 Å². The molecule has 0 fully saturated rings. The minimum absolute atomic E-state index is 0.149. The third-order valence-electron chi connectivity index (χ3n) is 5.46. The van der Waals surface area contributed by atoms with Crippen molar-refractivity contribution in [3.05, 3.63) is 59.1 Å². The van der Waals surface area contributed by atoms with Crippen molar-refractivity contribution in [2.75, 3.05) is 30.8 Å². The lowest BCUT2D eigenvalue weighted by molar-refractivity contribution is -0.140. The minimum Gasteiger partial charge on any atom is -0.495 e. The zero-order valence-electron chi connectivity index (χ0n) is 21.7. The van der Waals surface area contributed by atoms with E-state index in [0.717, 1.165) is 16.1 Å². The fourth-order valence-corrected chi connectivity index (χ4v) is 4.81. The number of rotatable bonds is 11. The first kappa shape index (κ1) is 29.5. The van der Waals surface area contributed by atoms with Crippen LogP contribution < -0.4 is 14.4 Å². The van der Waals surface area contributed by atoms with Crippen LogP contribution in [-0.2, 0) is 26.0 Å². The monoisotopic (exact) mass is 537 g/mol. The summed E-state index contributed by atoms with van der Waals surface area (Å²) in [6, 6.07) is 13.4. The Morgan fingerprint density at radius 3 is 2.28 bits per heavy atom. The first-order valence-electron chi connectivity index (χ1n) is 11.7. The first-order valence-corrected chi connectivity index (χ1v) is 14.0. The van der Waals surface area contributed by atoms with Crippen LogP contribution in [-0.4, -0.2) is 63.2 Å². The Bertz CT molecular complexity index is 1150. The van der Waals surface area contributed by atoms with Gasteiger partial charge in [-0.3, -0.25) is 13.9 Å². The molecule has 0 spiro atoms. The maximum absolute atomic E-state index is 13.7. The van der Waals surface area contributed by atoms with Crippen LogP contribution in [0, 0.1) is 0 Å². The summed E-state index contributed by atoms with van der Waals surface area (Å²) < 4.78 is 31.9. The fourth-order valence-electron chi connectivity index (χ4n) is 3.80. The predicted molar refractivity (Wildman–Crippen MR) is 144 cm³/mol. The van der Waals surface area contributed by atoms with Crippen molar-refractivity contribution >= 4 is 39.1 Å². The molecular formula is C26H36ClN3O5S. The molecule has 0 saturated carbocycles. The van der Waals surface area contributed by atoms with E-state index in [1.165, 1.54) is 18.1 Å². The number of benzene rings is 2. The van der Waals surface area contributed by atoms with Gasteiger partial charge in [-0.15, -0.1) is 0 Å². The molecule has 2 amide bonds. The SMILES string of the molecule is CCC(C(=O)NC(C)(C)C)N(CCc1ccccc1)C(=O)CN(c1cc(Cl)ccc1OC)S(C)(=O)=O. The number of methoxy groups -OCH3 is 1. The molecule has 36 heavy (non-hydrogen) atoms. The topological polar surface area (TPSA) is 96.0 Å². The highest BCUT2D eigenvalue weighted by molar-refractivity contribution is 7.92. The van der Waals surface area contributed by atoms with Crippen molar-refractivity contribution < 1.29 is 22.7 Å². The Balaban J connectivity index is 2.45. The summed E-state index contributed by atoms with van der Waals surface area (Å²) in [4.78, 5) is 28.3. The number of nitrogens with one attached hydrogen (secondary N) is 1. The smallest absolute Gasteiger partial charge is 0.244 e. The highest BCUT2D eigenvalue weighted by Gasteiger charge is 2.33. The van der Waals surface area contributed by atoms with Crippen LogP contribution in [0.5, 0.6) is 5.75 Å². The second-order valence-corrected chi connectivity index (χ2v) is 11.9. The molecule has 0 aromatic heterocycles. The molecular weight excluding hydrogens is 502 g/mol. The molecule has 1 unspecified atom stereocenters. The largest absolute Gasteiger partial charge is 0.495 e. The van der Waals surface area contributed by atoms with E-state index in [9.17, 15) is 18.0 Å². The van der Waals surface area contributed by atoms with Gasteiger partial charge in [0, 0.05) is 17.1 Å². The van der Waals surface area contributed by atoms with Gasteiger partial charge in [0.1, 0.15) is 18.3 Å². The van der Waals surface area contributed by atoms with Crippen molar-refractivity contribution in [2.24, 2.45) is 0 Å². The Labute approximate surface area is 219 Å². The lowest BCUT2D eigenvalue weighted by atomic mass is 10.1. The van der Waals surface area contributed by atoms with Gasteiger partial charge in [0.15, 0.2) is 0 Å². The van der Waals surface area contributed by atoms with Gasteiger partial charge in [0.2, 0.25) is 21.8 Å². The van der Waals surface area contributed by atoms with Gasteiger partial charge >= 0.3 is 0 Å². The van der Waals surface area contributed by atoms with Crippen molar-refractivity contribution in [2.45, 2.75) is 52.1 Å². The standard InChI is InChI=1S/C26H36ClN3O5S/c1-7-21(25(32)28-26(2,3)4)29(16-15-19-11-9-8-10-12-19)24(31)18-30(36(6,33)34)22-17-20(27)13-14-23(22)35-5/h8-14,17,21H,7,15-16,18H2,1-6H3,(H,28,32). The van der Waals surface area contributed by atoms with Crippen LogP contribution in [0.3, 0.4) is 0 Å². The summed E-state index contributed by atoms with van der Waals surface area (Å²) in [6.45, 7) is 7.15. The van der Waals surface area contributed by atoms with E-state index in [4.69, 9.17) is 16.3 Å². The number of hydrogen-bond donors (Lipinski definition) is 1. The Morgan fingerprint density at radius 1 is 1.11 bits per heavy atom. The van der Waals surface area contributed by atoms with Crippen LogP contribution >= 0.6 is 11.6 Å². The third kappa shape index (κ3) is 8.41. The molecule has 2 aromatic carbocycles. The molecule has 1 atom stereocenters. The van der Waals surface area contributed by atoms with Crippen molar-refractivity contribution in [1.82, 2.24) is 10.2 Å². The van der Waals surface area contributed by atoms with Gasteiger partial charge in [-0.25, -0.2) is 8.42 Å². The summed E-state index contributed by atoms with van der Waals surface area (Å²) in [7, 11) is -2.49. The minimum atomic E-state index is -3.90. The average Bonchev–Trinajstić information content (AvgIpc) is 2.78. The Hall–Kier alpha value is -2.78. The number of carbonyl (C=O) groups excluding carboxylic acids is 2. The lowest BCUT2D eigenvalue weighted by Crippen LogP contribution is -2.56. The summed E-state index contributed by atoms with van der Waals surface area (Å²) in [6.07, 6.45) is 1.88. The summed E-state index contributed by atoms with van der Waals surface area (Å²) >= 11 is 6.14. The average molecular weight is 538 g/mol. The van der Waals surface area contributed by atoms with E-state index < -0.39 is 34.1 Å². The Kier molecular flexibility index (Phi) is 10.2. The number of amides is 2. The summed E-state index contributed by atoms with van der Waals surface area (Å²) in [5, 5.41) is 3.24. The molecule has 2 rings (SSSR count). The molecule has 0 aliphatic heterocycles. The quantitative estimate of drug-likeness (QED) is 0.469. The van der Waals surface area contributed by atoms with E-state index >= 15 is 0 Å². The highest BCUT2D eigenvalue weighted by Crippen LogP contribution is 2.33. The van der Waals surface area contributed by atoms with E-state index in [2.05, 4.69) is 5.32 Å². The number of nitrogens with zero attached hydrogens (tertiary/aromatic N) is 2. The van der Waals surface area contributed by atoms with Crippen LogP contribution in [0.1, 0.15) is 39.7 Å². The maximum atomic E-state index is 13.7. The molecule has 2 aromatic rings. The molecule has 0 heterocycles. The second kappa shape index (κ2) is 12.5. The predicted octanol–water partition coefficient (Wildman–Crippen LogP) is 3.88. The number of hydrogen-bond acceptors (Lipinski definition) is 5. The van der Waals surface area contributed by atoms with E-state index in [-0.39, 0.29) is 23.9 Å². The van der Waals surface area contributed by atoms with Gasteiger partial charge in [-0.1, -0.05) is 48.9 Å². The normalized spacial score (nSPS) is 12.5. The van der Waals surface area contributed by atoms with Crippen LogP contribution in [0.4, 0.5) is 5.69 Å². The number of carbonyl (C=O) groups is 2. The first-order chi connectivity index (χ1) is 16.8. The van der Waals surface area contributed by atoms with Crippen molar-refractivity contribution in [3.63, 3.8) is 0 Å². The van der Waals surface area contributed by atoms with Gasteiger partial charge < -0.3 is 15.0 Å². The number of sulfonamides is 1.